The largest absolute Gasteiger partial charge is 0.364 e. The van der Waals surface area contributed by atoms with Crippen molar-refractivity contribution in [3.63, 3.8) is 0 Å². The molecule has 1 atom stereocenters. The Bertz CT molecular complexity index is 528. The summed E-state index contributed by atoms with van der Waals surface area (Å²) in [5, 5.41) is 7.16. The van der Waals surface area contributed by atoms with Gasteiger partial charge in [0.1, 0.15) is 5.69 Å². The summed E-state index contributed by atoms with van der Waals surface area (Å²) < 4.78 is 1.78. The van der Waals surface area contributed by atoms with E-state index in [1.165, 1.54) is 0 Å². The van der Waals surface area contributed by atoms with Crippen molar-refractivity contribution in [2.45, 2.75) is 25.0 Å². The highest BCUT2D eigenvalue weighted by atomic mass is 16.2. The summed E-state index contributed by atoms with van der Waals surface area (Å²) in [6.45, 7) is 2.07. The van der Waals surface area contributed by atoms with Gasteiger partial charge in [-0.25, -0.2) is 0 Å². The number of nitrogens with two attached hydrogens (primary N) is 1. The quantitative estimate of drug-likeness (QED) is 0.604. The molecule has 7 nitrogen and oxygen atoms in total. The Morgan fingerprint density at radius 2 is 2.28 bits per heavy atom. The molecule has 96 valence electrons. The lowest BCUT2D eigenvalue weighted by atomic mass is 9.86. The Labute approximate surface area is 104 Å². The molecule has 7 heteroatoms. The summed E-state index contributed by atoms with van der Waals surface area (Å²) in [6, 6.07) is 1.72. The molecule has 0 bridgehead atoms. The predicted molar refractivity (Wildman–Crippen MR) is 62.6 cm³/mol. The summed E-state index contributed by atoms with van der Waals surface area (Å²) in [5.74, 6) is -0.459. The van der Waals surface area contributed by atoms with Gasteiger partial charge in [0.05, 0.1) is 24.2 Å². The molecule has 2 aliphatic heterocycles. The molecule has 3 N–H and O–H groups in total. The number of nitrogens with one attached hydrogen (secondary N) is 1. The van der Waals surface area contributed by atoms with E-state index in [4.69, 9.17) is 5.73 Å². The Balaban J connectivity index is 1.95. The Morgan fingerprint density at radius 3 is 2.89 bits per heavy atom. The standard InChI is InChI=1S/C11H15N5O2/c1-15-4-7-2-8(10(12)18)14-16(7)6-11(5-15)3-9(17)13-11/h2H,3-6H2,1H3,(H2,12,18)(H,13,17). The molecular weight excluding hydrogens is 234 g/mol. The zero-order valence-electron chi connectivity index (χ0n) is 10.1. The summed E-state index contributed by atoms with van der Waals surface area (Å²) in [6.07, 6.45) is 0.503. The van der Waals surface area contributed by atoms with Crippen LogP contribution in [0.15, 0.2) is 6.07 Å². The van der Waals surface area contributed by atoms with Gasteiger partial charge in [0.25, 0.3) is 5.91 Å². The zero-order valence-corrected chi connectivity index (χ0v) is 10.1. The topological polar surface area (TPSA) is 93.2 Å². The SMILES string of the molecule is CN1Cc2cc(C(N)=O)nn2CC2(CC(=O)N2)C1. The maximum Gasteiger partial charge on any atom is 0.269 e. The van der Waals surface area contributed by atoms with Crippen molar-refractivity contribution in [2.24, 2.45) is 5.73 Å². The fourth-order valence-electron chi connectivity index (χ4n) is 2.80. The number of carbonyl (C=O) groups excluding carboxylic acids is 2. The van der Waals surface area contributed by atoms with E-state index in [0.29, 0.717) is 19.5 Å². The van der Waals surface area contributed by atoms with Crippen LogP contribution < -0.4 is 11.1 Å². The van der Waals surface area contributed by atoms with E-state index in [2.05, 4.69) is 15.3 Å². The maximum atomic E-state index is 11.2. The average Bonchev–Trinajstić information content (AvgIpc) is 2.53. The van der Waals surface area contributed by atoms with E-state index in [0.717, 1.165) is 12.2 Å². The van der Waals surface area contributed by atoms with Crippen LogP contribution in [0, 0.1) is 0 Å². The fourth-order valence-corrected chi connectivity index (χ4v) is 2.80. The van der Waals surface area contributed by atoms with E-state index >= 15 is 0 Å². The van der Waals surface area contributed by atoms with Crippen molar-refractivity contribution >= 4 is 11.8 Å². The van der Waals surface area contributed by atoms with Gasteiger partial charge in [-0.3, -0.25) is 19.2 Å². The molecule has 2 aliphatic rings. The number of hydrogen-bond donors (Lipinski definition) is 2. The molecular formula is C11H15N5O2. The third-order valence-corrected chi connectivity index (χ3v) is 3.48. The van der Waals surface area contributed by atoms with Crippen LogP contribution in [0.5, 0.6) is 0 Å². The lowest BCUT2D eigenvalue weighted by molar-refractivity contribution is -0.134. The normalized spacial score (nSPS) is 27.3. The number of primary amides is 1. The molecule has 18 heavy (non-hydrogen) atoms. The van der Waals surface area contributed by atoms with Gasteiger partial charge < -0.3 is 11.1 Å². The number of amides is 2. The summed E-state index contributed by atoms with van der Waals surface area (Å²) in [4.78, 5) is 24.4. The lowest BCUT2D eigenvalue weighted by Gasteiger charge is -2.42. The fraction of sp³-hybridized carbons (Fsp3) is 0.545. The Hall–Kier alpha value is -1.89. The van der Waals surface area contributed by atoms with Crippen LogP contribution >= 0.6 is 0 Å². The summed E-state index contributed by atoms with van der Waals surface area (Å²) in [5.41, 5.74) is 6.21. The molecule has 0 aromatic carbocycles. The minimum absolute atomic E-state index is 0.0640. The first kappa shape index (κ1) is 11.2. The van der Waals surface area contributed by atoms with Crippen LogP contribution in [0.2, 0.25) is 0 Å². The third-order valence-electron chi connectivity index (χ3n) is 3.48. The third kappa shape index (κ3) is 1.67. The first-order valence-corrected chi connectivity index (χ1v) is 5.84. The van der Waals surface area contributed by atoms with Crippen LogP contribution in [0.3, 0.4) is 0 Å². The highest BCUT2D eigenvalue weighted by Crippen LogP contribution is 2.27. The van der Waals surface area contributed by atoms with Crippen LogP contribution in [-0.2, 0) is 17.9 Å². The molecule has 2 amide bonds. The Morgan fingerprint density at radius 1 is 1.56 bits per heavy atom. The van der Waals surface area contributed by atoms with Gasteiger partial charge >= 0.3 is 0 Å². The minimum atomic E-state index is -0.523. The molecule has 0 aliphatic carbocycles. The molecule has 1 saturated heterocycles. The van der Waals surface area contributed by atoms with E-state index in [-0.39, 0.29) is 17.1 Å². The van der Waals surface area contributed by atoms with Gasteiger partial charge in [0.15, 0.2) is 0 Å². The number of fused-ring (bicyclic) bond motifs is 1. The lowest BCUT2D eigenvalue weighted by Crippen LogP contribution is -2.66. The molecule has 0 radical (unpaired) electrons. The van der Waals surface area contributed by atoms with E-state index in [1.54, 1.807) is 10.7 Å². The van der Waals surface area contributed by atoms with Gasteiger partial charge in [-0.15, -0.1) is 0 Å². The second-order valence-electron chi connectivity index (χ2n) is 5.22. The van der Waals surface area contributed by atoms with Crippen molar-refractivity contribution < 1.29 is 9.59 Å². The number of β-lactam (4-membered cyclic amide) rings is 1. The van der Waals surface area contributed by atoms with Gasteiger partial charge in [0.2, 0.25) is 5.91 Å². The number of aromatic nitrogens is 2. The zero-order chi connectivity index (χ0) is 12.9. The van der Waals surface area contributed by atoms with Crippen LogP contribution in [0.25, 0.3) is 0 Å². The molecule has 1 spiro atoms. The number of nitrogens with zero attached hydrogens (tertiary/aromatic N) is 3. The molecule has 3 rings (SSSR count). The molecule has 0 saturated carbocycles. The highest BCUT2D eigenvalue weighted by Gasteiger charge is 2.45. The van der Waals surface area contributed by atoms with Gasteiger partial charge in [-0.2, -0.15) is 5.10 Å². The maximum absolute atomic E-state index is 11.2. The second kappa shape index (κ2) is 3.55. The number of likely N-dealkylation sites (N-methyl/N-ethyl adjacent to an activating group) is 1. The summed E-state index contributed by atoms with van der Waals surface area (Å²) >= 11 is 0. The first-order chi connectivity index (χ1) is 8.47. The van der Waals surface area contributed by atoms with Crippen molar-refractivity contribution in [3.8, 4) is 0 Å². The van der Waals surface area contributed by atoms with Gasteiger partial charge in [-0.05, 0) is 13.1 Å². The number of hydrogen-bond acceptors (Lipinski definition) is 4. The summed E-state index contributed by atoms with van der Waals surface area (Å²) in [7, 11) is 1.98. The molecule has 1 aromatic heterocycles. The van der Waals surface area contributed by atoms with Crippen LogP contribution in [0.4, 0.5) is 0 Å². The van der Waals surface area contributed by atoms with Gasteiger partial charge in [-0.1, -0.05) is 0 Å². The predicted octanol–water partition coefficient (Wildman–Crippen LogP) is -1.31. The van der Waals surface area contributed by atoms with Gasteiger partial charge in [0, 0.05) is 13.1 Å². The van der Waals surface area contributed by atoms with E-state index in [9.17, 15) is 9.59 Å². The molecule has 3 heterocycles. The highest BCUT2D eigenvalue weighted by molar-refractivity contribution is 5.90. The molecule has 1 unspecified atom stereocenters. The van der Waals surface area contributed by atoms with Crippen molar-refractivity contribution in [1.29, 1.82) is 0 Å². The van der Waals surface area contributed by atoms with Crippen molar-refractivity contribution in [3.05, 3.63) is 17.5 Å². The average molecular weight is 249 g/mol. The minimum Gasteiger partial charge on any atom is -0.364 e. The molecule has 1 aromatic rings. The van der Waals surface area contributed by atoms with Crippen molar-refractivity contribution in [2.75, 3.05) is 13.6 Å². The second-order valence-corrected chi connectivity index (χ2v) is 5.22. The van der Waals surface area contributed by atoms with Crippen LogP contribution in [-0.4, -0.2) is 45.6 Å². The van der Waals surface area contributed by atoms with E-state index < -0.39 is 5.91 Å². The number of carbonyl (C=O) groups is 2. The molecule has 1 fully saturated rings. The number of rotatable bonds is 1. The Kier molecular flexibility index (Phi) is 2.21. The van der Waals surface area contributed by atoms with Crippen LogP contribution in [0.1, 0.15) is 22.6 Å². The smallest absolute Gasteiger partial charge is 0.269 e. The van der Waals surface area contributed by atoms with E-state index in [1.807, 2.05) is 7.05 Å². The van der Waals surface area contributed by atoms with Crippen molar-refractivity contribution in [1.82, 2.24) is 20.0 Å². The first-order valence-electron chi connectivity index (χ1n) is 5.84. The monoisotopic (exact) mass is 249 g/mol.